The minimum atomic E-state index is -0.472. The van der Waals surface area contributed by atoms with Gasteiger partial charge in [0.15, 0.2) is 0 Å². The third-order valence-electron chi connectivity index (χ3n) is 4.12. The Hall–Kier alpha value is -2.14. The normalized spacial score (nSPS) is 21.6. The first-order valence-corrected chi connectivity index (χ1v) is 7.25. The Bertz CT molecular complexity index is 672. The van der Waals surface area contributed by atoms with Crippen LogP contribution >= 0.6 is 0 Å². The fourth-order valence-corrected chi connectivity index (χ4v) is 3.00. The van der Waals surface area contributed by atoms with Gasteiger partial charge in [-0.1, -0.05) is 18.2 Å². The van der Waals surface area contributed by atoms with Gasteiger partial charge >= 0.3 is 0 Å². The number of hydrogen-bond donors (Lipinski definition) is 2. The first-order valence-electron chi connectivity index (χ1n) is 7.25. The van der Waals surface area contributed by atoms with Gasteiger partial charge in [-0.3, -0.25) is 4.79 Å². The minimum Gasteiger partial charge on any atom is -0.474 e. The molecule has 5 heteroatoms. The molecular formula is C16H19N3O2. The first kappa shape index (κ1) is 13.8. The predicted molar refractivity (Wildman–Crippen MR) is 81.1 cm³/mol. The van der Waals surface area contributed by atoms with E-state index in [1.165, 1.54) is 0 Å². The molecule has 1 fully saturated rings. The van der Waals surface area contributed by atoms with Gasteiger partial charge in [0.1, 0.15) is 6.10 Å². The molecule has 0 aliphatic heterocycles. The number of fused-ring (bicyclic) bond motifs is 1. The number of amides is 1. The zero-order valence-corrected chi connectivity index (χ0v) is 11.8. The summed E-state index contributed by atoms with van der Waals surface area (Å²) >= 11 is 0. The SMILES string of the molecule is NCC1CCCC1Oc1cc(C(N)=O)c2ccccc2n1. The van der Waals surface area contributed by atoms with E-state index < -0.39 is 5.91 Å². The van der Waals surface area contributed by atoms with Crippen LogP contribution in [-0.4, -0.2) is 23.5 Å². The van der Waals surface area contributed by atoms with Crippen molar-refractivity contribution in [3.8, 4) is 5.88 Å². The molecule has 0 bridgehead atoms. The number of pyridine rings is 1. The molecule has 4 N–H and O–H groups in total. The van der Waals surface area contributed by atoms with E-state index in [0.29, 0.717) is 29.4 Å². The summed E-state index contributed by atoms with van der Waals surface area (Å²) < 4.78 is 5.98. The quantitative estimate of drug-likeness (QED) is 0.896. The maximum Gasteiger partial charge on any atom is 0.249 e. The second kappa shape index (κ2) is 5.69. The van der Waals surface area contributed by atoms with Crippen molar-refractivity contribution < 1.29 is 9.53 Å². The molecule has 110 valence electrons. The van der Waals surface area contributed by atoms with Crippen LogP contribution in [-0.2, 0) is 0 Å². The lowest BCUT2D eigenvalue weighted by Gasteiger charge is -2.19. The lowest BCUT2D eigenvalue weighted by Crippen LogP contribution is -2.28. The van der Waals surface area contributed by atoms with E-state index in [1.807, 2.05) is 24.3 Å². The fourth-order valence-electron chi connectivity index (χ4n) is 3.00. The number of rotatable bonds is 4. The summed E-state index contributed by atoms with van der Waals surface area (Å²) in [6.45, 7) is 0.612. The van der Waals surface area contributed by atoms with Crippen molar-refractivity contribution in [2.24, 2.45) is 17.4 Å². The Balaban J connectivity index is 1.97. The summed E-state index contributed by atoms with van der Waals surface area (Å²) in [5.41, 5.74) is 12.4. The molecule has 1 aromatic heterocycles. The monoisotopic (exact) mass is 285 g/mol. The second-order valence-electron chi connectivity index (χ2n) is 5.47. The van der Waals surface area contributed by atoms with Crippen LogP contribution in [0.1, 0.15) is 29.6 Å². The highest BCUT2D eigenvalue weighted by molar-refractivity contribution is 6.05. The molecule has 3 rings (SSSR count). The molecule has 5 nitrogen and oxygen atoms in total. The van der Waals surface area contributed by atoms with Gasteiger partial charge < -0.3 is 16.2 Å². The zero-order chi connectivity index (χ0) is 14.8. The average molecular weight is 285 g/mol. The van der Waals surface area contributed by atoms with Crippen molar-refractivity contribution in [1.82, 2.24) is 4.98 Å². The Morgan fingerprint density at radius 1 is 1.33 bits per heavy atom. The molecule has 1 amide bonds. The Morgan fingerprint density at radius 3 is 2.90 bits per heavy atom. The first-order chi connectivity index (χ1) is 10.2. The predicted octanol–water partition coefficient (Wildman–Crippen LogP) is 1.84. The number of hydrogen-bond acceptors (Lipinski definition) is 4. The summed E-state index contributed by atoms with van der Waals surface area (Å²) in [6, 6.07) is 9.06. The van der Waals surface area contributed by atoms with Gasteiger partial charge in [-0.05, 0) is 31.9 Å². The van der Waals surface area contributed by atoms with Crippen LogP contribution in [0.25, 0.3) is 10.9 Å². The zero-order valence-electron chi connectivity index (χ0n) is 11.8. The summed E-state index contributed by atoms with van der Waals surface area (Å²) in [5.74, 6) is 0.336. The van der Waals surface area contributed by atoms with Crippen LogP contribution < -0.4 is 16.2 Å². The lowest BCUT2D eigenvalue weighted by molar-refractivity contribution is 0.1000. The van der Waals surface area contributed by atoms with Crippen LogP contribution in [0.3, 0.4) is 0 Å². The van der Waals surface area contributed by atoms with Gasteiger partial charge in [-0.15, -0.1) is 0 Å². The molecule has 21 heavy (non-hydrogen) atoms. The molecular weight excluding hydrogens is 266 g/mol. The van der Waals surface area contributed by atoms with Crippen molar-refractivity contribution in [1.29, 1.82) is 0 Å². The summed E-state index contributed by atoms with van der Waals surface area (Å²) in [6.07, 6.45) is 3.24. The summed E-state index contributed by atoms with van der Waals surface area (Å²) in [7, 11) is 0. The number of para-hydroxylation sites is 1. The Labute approximate surface area is 123 Å². The molecule has 1 aromatic carbocycles. The van der Waals surface area contributed by atoms with Crippen LogP contribution in [0.5, 0.6) is 5.88 Å². The van der Waals surface area contributed by atoms with Crippen molar-refractivity contribution >= 4 is 16.8 Å². The van der Waals surface area contributed by atoms with Gasteiger partial charge in [-0.25, -0.2) is 4.98 Å². The average Bonchev–Trinajstić information content (AvgIpc) is 2.93. The van der Waals surface area contributed by atoms with Gasteiger partial charge in [0.25, 0.3) is 0 Å². The number of aromatic nitrogens is 1. The molecule has 0 spiro atoms. The second-order valence-corrected chi connectivity index (χ2v) is 5.47. The number of benzene rings is 1. The number of carbonyl (C=O) groups is 1. The Kier molecular flexibility index (Phi) is 3.75. The molecule has 2 unspecified atom stereocenters. The third-order valence-corrected chi connectivity index (χ3v) is 4.12. The Morgan fingerprint density at radius 2 is 2.14 bits per heavy atom. The molecule has 1 saturated carbocycles. The highest BCUT2D eigenvalue weighted by atomic mass is 16.5. The maximum atomic E-state index is 11.6. The molecule has 0 saturated heterocycles. The van der Waals surface area contributed by atoms with Crippen LogP contribution in [0.15, 0.2) is 30.3 Å². The van der Waals surface area contributed by atoms with E-state index >= 15 is 0 Å². The van der Waals surface area contributed by atoms with Gasteiger partial charge in [0.05, 0.1) is 11.1 Å². The highest BCUT2D eigenvalue weighted by Crippen LogP contribution is 2.30. The van der Waals surface area contributed by atoms with Gasteiger partial charge in [-0.2, -0.15) is 0 Å². The van der Waals surface area contributed by atoms with E-state index in [4.69, 9.17) is 16.2 Å². The van der Waals surface area contributed by atoms with Gasteiger partial charge in [0, 0.05) is 17.4 Å². The van der Waals surface area contributed by atoms with Crippen molar-refractivity contribution in [3.63, 3.8) is 0 Å². The van der Waals surface area contributed by atoms with E-state index in [-0.39, 0.29) is 6.10 Å². The molecule has 2 aromatic rings. The molecule has 2 atom stereocenters. The standard InChI is InChI=1S/C16H19N3O2/c17-9-10-4-3-7-14(10)21-15-8-12(16(18)20)11-5-1-2-6-13(11)19-15/h1-2,5-6,8,10,14H,3-4,7,9,17H2,(H2,18,20). The summed E-state index contributed by atoms with van der Waals surface area (Å²) in [5, 5.41) is 0.749. The third kappa shape index (κ3) is 2.69. The highest BCUT2D eigenvalue weighted by Gasteiger charge is 2.28. The van der Waals surface area contributed by atoms with Crippen LogP contribution in [0.2, 0.25) is 0 Å². The summed E-state index contributed by atoms with van der Waals surface area (Å²) in [4.78, 5) is 16.1. The van der Waals surface area contributed by atoms with E-state index in [1.54, 1.807) is 6.07 Å². The van der Waals surface area contributed by atoms with Crippen molar-refractivity contribution in [2.75, 3.05) is 6.54 Å². The lowest BCUT2D eigenvalue weighted by atomic mass is 10.1. The number of nitrogens with zero attached hydrogens (tertiary/aromatic N) is 1. The molecule has 1 aliphatic carbocycles. The fraction of sp³-hybridized carbons (Fsp3) is 0.375. The topological polar surface area (TPSA) is 91.2 Å². The van der Waals surface area contributed by atoms with Crippen LogP contribution in [0.4, 0.5) is 0 Å². The largest absolute Gasteiger partial charge is 0.474 e. The van der Waals surface area contributed by atoms with Crippen LogP contribution in [0, 0.1) is 5.92 Å². The van der Waals surface area contributed by atoms with E-state index in [0.717, 1.165) is 24.6 Å². The van der Waals surface area contributed by atoms with Crippen molar-refractivity contribution in [3.05, 3.63) is 35.9 Å². The van der Waals surface area contributed by atoms with Gasteiger partial charge in [0.2, 0.25) is 11.8 Å². The smallest absolute Gasteiger partial charge is 0.249 e. The number of nitrogens with two attached hydrogens (primary N) is 2. The molecule has 0 radical (unpaired) electrons. The number of ether oxygens (including phenoxy) is 1. The number of carbonyl (C=O) groups excluding carboxylic acids is 1. The number of primary amides is 1. The van der Waals surface area contributed by atoms with Crippen molar-refractivity contribution in [2.45, 2.75) is 25.4 Å². The maximum absolute atomic E-state index is 11.6. The van der Waals surface area contributed by atoms with E-state index in [2.05, 4.69) is 4.98 Å². The molecule has 1 heterocycles. The molecule has 1 aliphatic rings. The van der Waals surface area contributed by atoms with E-state index in [9.17, 15) is 4.79 Å². The minimum absolute atomic E-state index is 0.0735.